The Hall–Kier alpha value is -3.48. The number of rotatable bonds is 6. The Balaban J connectivity index is 1.56. The lowest BCUT2D eigenvalue weighted by atomic mass is 10.1. The molecule has 0 aliphatic rings. The van der Waals surface area contributed by atoms with Crippen LogP contribution in [-0.4, -0.2) is 31.0 Å². The highest BCUT2D eigenvalue weighted by molar-refractivity contribution is 6.07. The molecule has 7 heteroatoms. The molecular formula is C20H21N3O4. The number of para-hydroxylation sites is 1. The Morgan fingerprint density at radius 2 is 1.85 bits per heavy atom. The zero-order chi connectivity index (χ0) is 19.2. The molecule has 0 saturated heterocycles. The molecule has 1 aromatic heterocycles. The number of aromatic nitrogens is 1. The summed E-state index contributed by atoms with van der Waals surface area (Å²) in [5.74, 6) is 0.707. The van der Waals surface area contributed by atoms with Gasteiger partial charge in [0.2, 0.25) is 5.91 Å². The maximum atomic E-state index is 12.3. The number of aryl methyl sites for hydroxylation is 1. The van der Waals surface area contributed by atoms with Gasteiger partial charge in [0.25, 0.3) is 5.91 Å². The molecule has 0 radical (unpaired) electrons. The van der Waals surface area contributed by atoms with E-state index in [9.17, 15) is 9.59 Å². The lowest BCUT2D eigenvalue weighted by molar-refractivity contribution is -0.121. The topological polar surface area (TPSA) is 92.4 Å². The molecule has 27 heavy (non-hydrogen) atoms. The van der Waals surface area contributed by atoms with Crippen LogP contribution < -0.4 is 20.3 Å². The number of hydrogen-bond acceptors (Lipinski definition) is 4. The molecule has 1 heterocycles. The van der Waals surface area contributed by atoms with Crippen LogP contribution in [0.15, 0.2) is 48.7 Å². The van der Waals surface area contributed by atoms with Crippen LogP contribution in [0.5, 0.6) is 11.5 Å². The van der Waals surface area contributed by atoms with Gasteiger partial charge in [-0.05, 0) is 36.2 Å². The number of carbonyl (C=O) groups is 2. The summed E-state index contributed by atoms with van der Waals surface area (Å²) in [6.07, 6.45) is 2.26. The van der Waals surface area contributed by atoms with E-state index in [2.05, 4.69) is 15.8 Å². The second-order valence-corrected chi connectivity index (χ2v) is 5.93. The van der Waals surface area contributed by atoms with Gasteiger partial charge in [-0.15, -0.1) is 0 Å². The van der Waals surface area contributed by atoms with Crippen molar-refractivity contribution in [3.63, 3.8) is 0 Å². The highest BCUT2D eigenvalue weighted by Gasteiger charge is 2.13. The van der Waals surface area contributed by atoms with Crippen molar-refractivity contribution in [2.24, 2.45) is 0 Å². The summed E-state index contributed by atoms with van der Waals surface area (Å²) in [6.45, 7) is 0. The molecule has 2 amide bonds. The number of hydrogen-bond donors (Lipinski definition) is 3. The quantitative estimate of drug-likeness (QED) is 0.584. The van der Waals surface area contributed by atoms with Crippen molar-refractivity contribution in [3.8, 4) is 11.5 Å². The number of H-pyrrole nitrogens is 1. The summed E-state index contributed by atoms with van der Waals surface area (Å²) >= 11 is 0. The highest BCUT2D eigenvalue weighted by atomic mass is 16.5. The molecule has 3 N–H and O–H groups in total. The van der Waals surface area contributed by atoms with Crippen LogP contribution in [0.1, 0.15) is 22.3 Å². The van der Waals surface area contributed by atoms with Crippen molar-refractivity contribution in [2.45, 2.75) is 12.8 Å². The molecule has 0 unspecified atom stereocenters. The number of carbonyl (C=O) groups excluding carboxylic acids is 2. The lowest BCUT2D eigenvalue weighted by Crippen LogP contribution is -2.41. The molecule has 0 aliphatic heterocycles. The summed E-state index contributed by atoms with van der Waals surface area (Å²) in [4.78, 5) is 27.4. The Bertz CT molecular complexity index is 965. The molecule has 0 spiro atoms. The number of amides is 2. The first-order chi connectivity index (χ1) is 13.1. The third-order valence-corrected chi connectivity index (χ3v) is 4.26. The van der Waals surface area contributed by atoms with Crippen molar-refractivity contribution in [2.75, 3.05) is 14.2 Å². The molecule has 0 fully saturated rings. The number of methoxy groups -OCH3 is 2. The van der Waals surface area contributed by atoms with E-state index in [0.717, 1.165) is 16.5 Å². The van der Waals surface area contributed by atoms with E-state index in [-0.39, 0.29) is 18.2 Å². The van der Waals surface area contributed by atoms with Crippen LogP contribution in [0.25, 0.3) is 10.9 Å². The van der Waals surface area contributed by atoms with Gasteiger partial charge in [-0.25, -0.2) is 0 Å². The van der Waals surface area contributed by atoms with E-state index in [1.165, 1.54) is 0 Å². The summed E-state index contributed by atoms with van der Waals surface area (Å²) in [5, 5.41) is 0.797. The smallest absolute Gasteiger partial charge is 0.271 e. The molecule has 0 aliphatic carbocycles. The Morgan fingerprint density at radius 1 is 1.04 bits per heavy atom. The van der Waals surface area contributed by atoms with Gasteiger partial charge in [0.05, 0.1) is 19.8 Å². The predicted molar refractivity (Wildman–Crippen MR) is 102 cm³/mol. The van der Waals surface area contributed by atoms with Crippen molar-refractivity contribution in [1.82, 2.24) is 15.8 Å². The van der Waals surface area contributed by atoms with Crippen LogP contribution in [0.3, 0.4) is 0 Å². The molecule has 3 rings (SSSR count). The fourth-order valence-corrected chi connectivity index (χ4v) is 2.84. The first-order valence-electron chi connectivity index (χ1n) is 8.48. The van der Waals surface area contributed by atoms with Gasteiger partial charge in [-0.1, -0.05) is 18.2 Å². The summed E-state index contributed by atoms with van der Waals surface area (Å²) in [7, 11) is 3.16. The molecule has 140 valence electrons. The van der Waals surface area contributed by atoms with E-state index in [4.69, 9.17) is 9.47 Å². The SMILES string of the molecule is COc1ccc(OC)c(CCC(=O)NNC(=O)c2c[nH]c3ccccc23)c1. The third kappa shape index (κ3) is 4.20. The standard InChI is InChI=1S/C20H21N3O4/c1-26-14-8-9-18(27-2)13(11-14)7-10-19(24)22-23-20(25)16-12-21-17-6-4-3-5-15(16)17/h3-6,8-9,11-12,21H,7,10H2,1-2H3,(H,22,24)(H,23,25). The van der Waals surface area contributed by atoms with Gasteiger partial charge in [0.1, 0.15) is 11.5 Å². The maximum absolute atomic E-state index is 12.3. The van der Waals surface area contributed by atoms with E-state index < -0.39 is 0 Å². The van der Waals surface area contributed by atoms with Crippen molar-refractivity contribution < 1.29 is 19.1 Å². The van der Waals surface area contributed by atoms with Crippen LogP contribution >= 0.6 is 0 Å². The average Bonchev–Trinajstić information content (AvgIpc) is 3.14. The zero-order valence-electron chi connectivity index (χ0n) is 15.2. The summed E-state index contributed by atoms with van der Waals surface area (Å²) in [6, 6.07) is 12.9. The van der Waals surface area contributed by atoms with Crippen LogP contribution in [-0.2, 0) is 11.2 Å². The Morgan fingerprint density at radius 3 is 2.63 bits per heavy atom. The maximum Gasteiger partial charge on any atom is 0.271 e. The van der Waals surface area contributed by atoms with Crippen LogP contribution in [0.4, 0.5) is 0 Å². The van der Waals surface area contributed by atoms with E-state index >= 15 is 0 Å². The van der Waals surface area contributed by atoms with Crippen molar-refractivity contribution in [3.05, 3.63) is 59.8 Å². The van der Waals surface area contributed by atoms with E-state index in [1.807, 2.05) is 30.3 Å². The zero-order valence-corrected chi connectivity index (χ0v) is 15.2. The monoisotopic (exact) mass is 367 g/mol. The Labute approximate surface area is 156 Å². The number of nitrogens with one attached hydrogen (secondary N) is 3. The predicted octanol–water partition coefficient (Wildman–Crippen LogP) is 2.58. The summed E-state index contributed by atoms with van der Waals surface area (Å²) in [5.41, 5.74) is 7.09. The molecule has 0 atom stereocenters. The molecule has 0 bridgehead atoms. The lowest BCUT2D eigenvalue weighted by Gasteiger charge is -2.11. The van der Waals surface area contributed by atoms with Gasteiger partial charge in [0.15, 0.2) is 0 Å². The minimum absolute atomic E-state index is 0.192. The van der Waals surface area contributed by atoms with Gasteiger partial charge >= 0.3 is 0 Å². The minimum Gasteiger partial charge on any atom is -0.497 e. The summed E-state index contributed by atoms with van der Waals surface area (Å²) < 4.78 is 10.5. The minimum atomic E-state index is -0.375. The number of hydrazine groups is 1. The van der Waals surface area contributed by atoms with Crippen molar-refractivity contribution >= 4 is 22.7 Å². The molecule has 0 saturated carbocycles. The number of benzene rings is 2. The van der Waals surface area contributed by atoms with Crippen molar-refractivity contribution in [1.29, 1.82) is 0 Å². The molecule has 3 aromatic rings. The van der Waals surface area contributed by atoms with E-state index in [1.54, 1.807) is 32.5 Å². The number of ether oxygens (including phenoxy) is 2. The highest BCUT2D eigenvalue weighted by Crippen LogP contribution is 2.25. The first kappa shape index (κ1) is 18.3. The second kappa shape index (κ2) is 8.27. The fourth-order valence-electron chi connectivity index (χ4n) is 2.84. The fraction of sp³-hybridized carbons (Fsp3) is 0.200. The molecular weight excluding hydrogens is 346 g/mol. The molecule has 7 nitrogen and oxygen atoms in total. The van der Waals surface area contributed by atoms with Gasteiger partial charge in [-0.3, -0.25) is 20.4 Å². The average molecular weight is 367 g/mol. The van der Waals surface area contributed by atoms with Gasteiger partial charge < -0.3 is 14.5 Å². The van der Waals surface area contributed by atoms with Gasteiger partial charge in [0, 0.05) is 23.5 Å². The van der Waals surface area contributed by atoms with Gasteiger partial charge in [-0.2, -0.15) is 0 Å². The van der Waals surface area contributed by atoms with Crippen LogP contribution in [0.2, 0.25) is 0 Å². The normalized spacial score (nSPS) is 10.4. The largest absolute Gasteiger partial charge is 0.497 e. The number of fused-ring (bicyclic) bond motifs is 1. The third-order valence-electron chi connectivity index (χ3n) is 4.26. The van der Waals surface area contributed by atoms with Crippen LogP contribution in [0, 0.1) is 0 Å². The molecule has 2 aromatic carbocycles. The second-order valence-electron chi connectivity index (χ2n) is 5.93. The van der Waals surface area contributed by atoms with E-state index in [0.29, 0.717) is 23.5 Å². The first-order valence-corrected chi connectivity index (χ1v) is 8.48. The number of aromatic amines is 1. The Kier molecular flexibility index (Phi) is 5.61.